The summed E-state index contributed by atoms with van der Waals surface area (Å²) in [5, 5.41) is 4.64. The van der Waals surface area contributed by atoms with Gasteiger partial charge in [0, 0.05) is 43.8 Å². The van der Waals surface area contributed by atoms with E-state index in [9.17, 15) is 0 Å². The quantitative estimate of drug-likeness (QED) is 0.740. The first-order valence-electron chi connectivity index (χ1n) is 8.41. The highest BCUT2D eigenvalue weighted by Crippen LogP contribution is 2.28. The molecule has 0 aliphatic carbocycles. The topological polar surface area (TPSA) is 42.7 Å². The summed E-state index contributed by atoms with van der Waals surface area (Å²) < 4.78 is 7.30. The molecule has 24 heavy (non-hydrogen) atoms. The van der Waals surface area contributed by atoms with Gasteiger partial charge in [-0.05, 0) is 13.3 Å². The molecule has 3 heterocycles. The Hall–Kier alpha value is -2.40. The molecular weight excluding hydrogens is 300 g/mol. The number of rotatable bonds is 4. The lowest BCUT2D eigenvalue weighted by molar-refractivity contribution is 0.161. The first kappa shape index (κ1) is 15.1. The zero-order valence-electron chi connectivity index (χ0n) is 14.1. The van der Waals surface area contributed by atoms with Crippen LogP contribution in [0, 0.1) is 12.8 Å². The van der Waals surface area contributed by atoms with Crippen molar-refractivity contribution in [3.05, 3.63) is 48.2 Å². The molecule has 2 aromatic heterocycles. The first-order chi connectivity index (χ1) is 11.7. The molecule has 1 fully saturated rings. The summed E-state index contributed by atoms with van der Waals surface area (Å²) in [6.45, 7) is 4.85. The third-order valence-electron chi connectivity index (χ3n) is 4.61. The van der Waals surface area contributed by atoms with Crippen molar-refractivity contribution in [3.63, 3.8) is 0 Å². The van der Waals surface area contributed by atoms with E-state index >= 15 is 0 Å². The molecule has 0 amide bonds. The Morgan fingerprint density at radius 3 is 2.83 bits per heavy atom. The van der Waals surface area contributed by atoms with Crippen molar-refractivity contribution < 1.29 is 4.74 Å². The molecule has 3 aromatic rings. The van der Waals surface area contributed by atoms with Crippen LogP contribution in [0.3, 0.4) is 0 Å². The third kappa shape index (κ3) is 2.76. The van der Waals surface area contributed by atoms with Crippen LogP contribution in [0.25, 0.3) is 16.9 Å². The highest BCUT2D eigenvalue weighted by molar-refractivity contribution is 5.67. The normalized spacial score (nSPS) is 17.8. The van der Waals surface area contributed by atoms with E-state index in [4.69, 9.17) is 9.72 Å². The molecule has 124 valence electrons. The van der Waals surface area contributed by atoms with E-state index in [0.29, 0.717) is 5.92 Å². The molecule has 5 heteroatoms. The molecule has 1 atom stereocenters. The Balaban J connectivity index is 1.79. The number of aromatic nitrogens is 3. The summed E-state index contributed by atoms with van der Waals surface area (Å²) in [7, 11) is 1.78. The number of ether oxygens (including phenoxy) is 1. The second-order valence-corrected chi connectivity index (χ2v) is 6.48. The van der Waals surface area contributed by atoms with Crippen molar-refractivity contribution in [1.29, 1.82) is 0 Å². The number of aryl methyl sites for hydroxylation is 1. The Bertz CT molecular complexity index is 843. The van der Waals surface area contributed by atoms with E-state index < -0.39 is 0 Å². The maximum Gasteiger partial charge on any atom is 0.158 e. The lowest BCUT2D eigenvalue weighted by Gasteiger charge is -2.20. The van der Waals surface area contributed by atoms with Gasteiger partial charge in [-0.1, -0.05) is 30.3 Å². The van der Waals surface area contributed by atoms with Crippen LogP contribution in [-0.2, 0) is 4.74 Å². The molecule has 5 nitrogen and oxygen atoms in total. The van der Waals surface area contributed by atoms with Gasteiger partial charge in [-0.15, -0.1) is 0 Å². The second-order valence-electron chi connectivity index (χ2n) is 6.48. The van der Waals surface area contributed by atoms with Gasteiger partial charge >= 0.3 is 0 Å². The van der Waals surface area contributed by atoms with Crippen molar-refractivity contribution in [1.82, 2.24) is 14.6 Å². The number of nitrogens with zero attached hydrogens (tertiary/aromatic N) is 4. The van der Waals surface area contributed by atoms with Gasteiger partial charge in [-0.3, -0.25) is 0 Å². The largest absolute Gasteiger partial charge is 0.384 e. The Morgan fingerprint density at radius 2 is 2.04 bits per heavy atom. The molecule has 0 saturated carbocycles. The Morgan fingerprint density at radius 1 is 1.21 bits per heavy atom. The summed E-state index contributed by atoms with van der Waals surface area (Å²) >= 11 is 0. The van der Waals surface area contributed by atoms with Crippen LogP contribution < -0.4 is 4.90 Å². The predicted octanol–water partition coefficient (Wildman–Crippen LogP) is 3.18. The highest BCUT2D eigenvalue weighted by atomic mass is 16.5. The number of fused-ring (bicyclic) bond motifs is 1. The molecule has 0 radical (unpaired) electrons. The molecule has 1 aliphatic heterocycles. The average Bonchev–Trinajstić information content (AvgIpc) is 3.20. The Labute approximate surface area is 141 Å². The molecule has 0 bridgehead atoms. The van der Waals surface area contributed by atoms with Crippen molar-refractivity contribution in [2.75, 3.05) is 31.7 Å². The third-order valence-corrected chi connectivity index (χ3v) is 4.61. The molecular formula is C19H22N4O. The van der Waals surface area contributed by atoms with Crippen LogP contribution >= 0.6 is 0 Å². The van der Waals surface area contributed by atoms with Crippen LogP contribution in [-0.4, -0.2) is 41.4 Å². The van der Waals surface area contributed by atoms with Crippen LogP contribution in [0.15, 0.2) is 42.5 Å². The Kier molecular flexibility index (Phi) is 3.94. The number of methoxy groups -OCH3 is 1. The molecule has 1 aromatic carbocycles. The number of anilines is 1. The van der Waals surface area contributed by atoms with Crippen LogP contribution in [0.1, 0.15) is 12.1 Å². The average molecular weight is 322 g/mol. The van der Waals surface area contributed by atoms with Gasteiger partial charge in [0.2, 0.25) is 0 Å². The van der Waals surface area contributed by atoms with Crippen LogP contribution in [0.4, 0.5) is 5.82 Å². The smallest absolute Gasteiger partial charge is 0.158 e. The van der Waals surface area contributed by atoms with Crippen LogP contribution in [0.2, 0.25) is 0 Å². The fourth-order valence-electron chi connectivity index (χ4n) is 3.47. The summed E-state index contributed by atoms with van der Waals surface area (Å²) in [4.78, 5) is 7.20. The van der Waals surface area contributed by atoms with Gasteiger partial charge in [0.25, 0.3) is 0 Å². The second kappa shape index (κ2) is 6.24. The van der Waals surface area contributed by atoms with Crippen molar-refractivity contribution in [2.45, 2.75) is 13.3 Å². The van der Waals surface area contributed by atoms with Crippen LogP contribution in [0.5, 0.6) is 0 Å². The summed E-state index contributed by atoms with van der Waals surface area (Å²) in [5.74, 6) is 1.70. The molecule has 1 unspecified atom stereocenters. The molecule has 4 rings (SSSR count). The van der Waals surface area contributed by atoms with E-state index in [2.05, 4.69) is 28.2 Å². The number of hydrogen-bond donors (Lipinski definition) is 0. The van der Waals surface area contributed by atoms with Gasteiger partial charge in [-0.25, -0.2) is 4.98 Å². The molecule has 0 spiro atoms. The van der Waals surface area contributed by atoms with E-state index in [1.54, 1.807) is 7.11 Å². The zero-order chi connectivity index (χ0) is 16.5. The summed E-state index contributed by atoms with van der Waals surface area (Å²) in [6, 6.07) is 14.5. The van der Waals surface area contributed by atoms with Gasteiger partial charge in [0.1, 0.15) is 5.82 Å². The zero-order valence-corrected chi connectivity index (χ0v) is 14.1. The molecule has 0 N–H and O–H groups in total. The number of hydrogen-bond acceptors (Lipinski definition) is 4. The minimum atomic E-state index is 0.579. The van der Waals surface area contributed by atoms with Gasteiger partial charge in [-0.2, -0.15) is 9.61 Å². The maximum atomic E-state index is 5.33. The van der Waals surface area contributed by atoms with E-state index in [1.165, 1.54) is 0 Å². The predicted molar refractivity (Wildman–Crippen MR) is 95.4 cm³/mol. The fourth-order valence-corrected chi connectivity index (χ4v) is 3.47. The lowest BCUT2D eigenvalue weighted by atomic mass is 10.1. The SMILES string of the molecule is COCC1CCN(c2cc(-c3ccccc3)nc3cc(C)nn23)C1. The van der Waals surface area contributed by atoms with E-state index in [-0.39, 0.29) is 0 Å². The van der Waals surface area contributed by atoms with Crippen molar-refractivity contribution >= 4 is 11.5 Å². The minimum Gasteiger partial charge on any atom is -0.384 e. The highest BCUT2D eigenvalue weighted by Gasteiger charge is 2.25. The van der Waals surface area contributed by atoms with Gasteiger partial charge in [0.15, 0.2) is 5.65 Å². The van der Waals surface area contributed by atoms with Crippen molar-refractivity contribution in [2.24, 2.45) is 5.92 Å². The van der Waals surface area contributed by atoms with Crippen molar-refractivity contribution in [3.8, 4) is 11.3 Å². The number of benzene rings is 1. The van der Waals surface area contributed by atoms with E-state index in [0.717, 1.165) is 54.5 Å². The maximum absolute atomic E-state index is 5.33. The van der Waals surface area contributed by atoms with E-state index in [1.807, 2.05) is 35.7 Å². The van der Waals surface area contributed by atoms with Gasteiger partial charge in [0.05, 0.1) is 18.0 Å². The lowest BCUT2D eigenvalue weighted by Crippen LogP contribution is -2.24. The summed E-state index contributed by atoms with van der Waals surface area (Å²) in [5.41, 5.74) is 4.02. The summed E-state index contributed by atoms with van der Waals surface area (Å²) in [6.07, 6.45) is 1.15. The minimum absolute atomic E-state index is 0.579. The fraction of sp³-hybridized carbons (Fsp3) is 0.368. The standard InChI is InChI=1S/C19H22N4O/c1-14-10-18-20-17(16-6-4-3-5-7-16)11-19(23(18)21-14)22-9-8-15(12-22)13-24-2/h3-7,10-11,15H,8-9,12-13H2,1-2H3. The molecule has 1 aliphatic rings. The molecule has 1 saturated heterocycles. The monoisotopic (exact) mass is 322 g/mol. The van der Waals surface area contributed by atoms with Gasteiger partial charge < -0.3 is 9.64 Å². The first-order valence-corrected chi connectivity index (χ1v) is 8.41.